The zero-order valence-electron chi connectivity index (χ0n) is 19.5. The Labute approximate surface area is 204 Å². The van der Waals surface area contributed by atoms with Crippen LogP contribution in [0.1, 0.15) is 52.7 Å². The number of carbonyl (C=O) groups is 3. The van der Waals surface area contributed by atoms with Gasteiger partial charge in [0.15, 0.2) is 0 Å². The molecule has 0 heterocycles. The van der Waals surface area contributed by atoms with Gasteiger partial charge in [0, 0.05) is 12.5 Å². The van der Waals surface area contributed by atoms with E-state index in [9.17, 15) is 14.4 Å². The van der Waals surface area contributed by atoms with Gasteiger partial charge in [-0.1, -0.05) is 74.0 Å². The summed E-state index contributed by atoms with van der Waals surface area (Å²) in [5.41, 5.74) is 5.34. The fraction of sp³-hybridized carbons (Fsp3) is 0.250. The van der Waals surface area contributed by atoms with Crippen LogP contribution in [0, 0.1) is 0 Å². The van der Waals surface area contributed by atoms with E-state index in [4.69, 9.17) is 9.84 Å². The van der Waals surface area contributed by atoms with Crippen LogP contribution in [0.5, 0.6) is 0 Å². The second kappa shape index (κ2) is 10.9. The van der Waals surface area contributed by atoms with Gasteiger partial charge in [0.05, 0.1) is 5.56 Å². The molecule has 0 saturated carbocycles. The van der Waals surface area contributed by atoms with E-state index in [1.165, 1.54) is 12.1 Å². The fourth-order valence-corrected chi connectivity index (χ4v) is 4.47. The van der Waals surface area contributed by atoms with Gasteiger partial charge in [0.2, 0.25) is 5.91 Å². The van der Waals surface area contributed by atoms with Crippen molar-refractivity contribution in [3.63, 3.8) is 0 Å². The van der Waals surface area contributed by atoms with Gasteiger partial charge >= 0.3 is 12.1 Å². The number of nitrogens with one attached hydrogen (secondary N) is 2. The van der Waals surface area contributed by atoms with E-state index in [0.717, 1.165) is 22.3 Å². The minimum Gasteiger partial charge on any atom is -0.478 e. The Morgan fingerprint density at radius 1 is 0.943 bits per heavy atom. The maximum absolute atomic E-state index is 12.8. The van der Waals surface area contributed by atoms with Crippen LogP contribution in [-0.4, -0.2) is 35.7 Å². The number of carboxylic acids is 1. The number of hydrogen-bond acceptors (Lipinski definition) is 4. The van der Waals surface area contributed by atoms with E-state index < -0.39 is 18.1 Å². The van der Waals surface area contributed by atoms with Gasteiger partial charge in [-0.15, -0.1) is 0 Å². The normalized spacial score (nSPS) is 12.8. The average molecular weight is 473 g/mol. The topological polar surface area (TPSA) is 105 Å². The number of amides is 2. The molecule has 35 heavy (non-hydrogen) atoms. The van der Waals surface area contributed by atoms with E-state index in [0.29, 0.717) is 18.4 Å². The largest absolute Gasteiger partial charge is 0.478 e. The van der Waals surface area contributed by atoms with Crippen LogP contribution in [0.3, 0.4) is 0 Å². The SMILES string of the molecule is CCCC(NC(=O)OCC1c2ccccc2-c2ccccc21)C(=O)NCc1cccc(C(=O)O)c1. The highest BCUT2D eigenvalue weighted by Gasteiger charge is 2.29. The number of rotatable bonds is 9. The molecule has 3 aromatic carbocycles. The lowest BCUT2D eigenvalue weighted by molar-refractivity contribution is -0.123. The number of ether oxygens (including phenoxy) is 1. The summed E-state index contributed by atoms with van der Waals surface area (Å²) in [7, 11) is 0. The summed E-state index contributed by atoms with van der Waals surface area (Å²) in [6, 6.07) is 21.8. The van der Waals surface area contributed by atoms with Gasteiger partial charge in [-0.25, -0.2) is 9.59 Å². The standard InChI is InChI=1S/C28H28N2O5/c1-2-8-25(26(31)29-16-18-9-7-10-19(15-18)27(32)33)30-28(34)35-17-24-22-13-5-3-11-20(22)21-12-4-6-14-23(21)24/h3-7,9-15,24-25H,2,8,16-17H2,1H3,(H,29,31)(H,30,34)(H,32,33). The molecule has 0 aliphatic heterocycles. The van der Waals surface area contributed by atoms with E-state index in [2.05, 4.69) is 22.8 Å². The number of benzene rings is 3. The molecule has 0 saturated heterocycles. The van der Waals surface area contributed by atoms with Crippen molar-refractivity contribution in [3.8, 4) is 11.1 Å². The molecular formula is C28H28N2O5. The summed E-state index contributed by atoms with van der Waals surface area (Å²) in [4.78, 5) is 36.5. The van der Waals surface area contributed by atoms with E-state index in [-0.39, 0.29) is 30.5 Å². The number of hydrogen-bond donors (Lipinski definition) is 3. The third kappa shape index (κ3) is 5.51. The second-order valence-electron chi connectivity index (χ2n) is 8.53. The van der Waals surface area contributed by atoms with Crippen molar-refractivity contribution >= 4 is 18.0 Å². The van der Waals surface area contributed by atoms with Gasteiger partial charge in [-0.05, 0) is 46.4 Å². The number of carboxylic acid groups (broad SMARTS) is 1. The van der Waals surface area contributed by atoms with Gasteiger partial charge in [0.1, 0.15) is 12.6 Å². The molecule has 1 aliphatic rings. The van der Waals surface area contributed by atoms with E-state index >= 15 is 0 Å². The molecular weight excluding hydrogens is 444 g/mol. The number of aromatic carboxylic acids is 1. The molecule has 4 rings (SSSR count). The van der Waals surface area contributed by atoms with E-state index in [1.807, 2.05) is 43.3 Å². The van der Waals surface area contributed by atoms with Crippen LogP contribution >= 0.6 is 0 Å². The highest BCUT2D eigenvalue weighted by molar-refractivity contribution is 5.88. The molecule has 2 amide bonds. The van der Waals surface area contributed by atoms with Crippen molar-refractivity contribution in [2.75, 3.05) is 6.61 Å². The van der Waals surface area contributed by atoms with Crippen molar-refractivity contribution in [2.24, 2.45) is 0 Å². The Morgan fingerprint density at radius 2 is 1.60 bits per heavy atom. The van der Waals surface area contributed by atoms with Gasteiger partial charge < -0.3 is 20.5 Å². The zero-order valence-corrected chi connectivity index (χ0v) is 19.5. The third-order valence-corrected chi connectivity index (χ3v) is 6.17. The Hall–Kier alpha value is -4.13. The number of fused-ring (bicyclic) bond motifs is 3. The molecule has 1 atom stereocenters. The van der Waals surface area contributed by atoms with Crippen molar-refractivity contribution < 1.29 is 24.2 Å². The van der Waals surface area contributed by atoms with Crippen molar-refractivity contribution in [1.29, 1.82) is 0 Å². The smallest absolute Gasteiger partial charge is 0.407 e. The summed E-state index contributed by atoms with van der Waals surface area (Å²) in [5.74, 6) is -1.44. The second-order valence-corrected chi connectivity index (χ2v) is 8.53. The highest BCUT2D eigenvalue weighted by atomic mass is 16.5. The molecule has 0 bridgehead atoms. The predicted molar refractivity (Wildman–Crippen MR) is 132 cm³/mol. The lowest BCUT2D eigenvalue weighted by atomic mass is 9.98. The quantitative estimate of drug-likeness (QED) is 0.418. The zero-order chi connectivity index (χ0) is 24.8. The average Bonchev–Trinajstić information content (AvgIpc) is 3.19. The van der Waals surface area contributed by atoms with Crippen LogP contribution in [-0.2, 0) is 16.1 Å². The van der Waals surface area contributed by atoms with Crippen molar-refractivity contribution in [3.05, 3.63) is 95.1 Å². The van der Waals surface area contributed by atoms with Crippen LogP contribution in [0.4, 0.5) is 4.79 Å². The van der Waals surface area contributed by atoms with Gasteiger partial charge in [-0.2, -0.15) is 0 Å². The molecule has 7 heteroatoms. The summed E-state index contributed by atoms with van der Waals surface area (Å²) in [6.45, 7) is 2.25. The number of carbonyl (C=O) groups excluding carboxylic acids is 2. The lowest BCUT2D eigenvalue weighted by Gasteiger charge is -2.19. The van der Waals surface area contributed by atoms with Crippen LogP contribution < -0.4 is 10.6 Å². The molecule has 0 fully saturated rings. The first-order chi connectivity index (χ1) is 17.0. The maximum atomic E-state index is 12.8. The maximum Gasteiger partial charge on any atom is 0.407 e. The van der Waals surface area contributed by atoms with Crippen molar-refractivity contribution in [1.82, 2.24) is 10.6 Å². The van der Waals surface area contributed by atoms with Gasteiger partial charge in [0.25, 0.3) is 0 Å². The summed E-state index contributed by atoms with van der Waals surface area (Å²) < 4.78 is 5.58. The van der Waals surface area contributed by atoms with E-state index in [1.54, 1.807) is 12.1 Å². The summed E-state index contributed by atoms with van der Waals surface area (Å²) >= 11 is 0. The Balaban J connectivity index is 1.36. The minimum absolute atomic E-state index is 0.0619. The Kier molecular flexibility index (Phi) is 7.45. The van der Waals surface area contributed by atoms with Crippen LogP contribution in [0.15, 0.2) is 72.8 Å². The molecule has 3 N–H and O–H groups in total. The molecule has 180 valence electrons. The summed E-state index contributed by atoms with van der Waals surface area (Å²) in [5, 5.41) is 14.6. The monoisotopic (exact) mass is 472 g/mol. The first-order valence-electron chi connectivity index (χ1n) is 11.7. The number of alkyl carbamates (subject to hydrolysis) is 1. The minimum atomic E-state index is -1.03. The van der Waals surface area contributed by atoms with Crippen molar-refractivity contribution in [2.45, 2.75) is 38.3 Å². The van der Waals surface area contributed by atoms with Crippen LogP contribution in [0.25, 0.3) is 11.1 Å². The van der Waals surface area contributed by atoms with Crippen LogP contribution in [0.2, 0.25) is 0 Å². The Bertz CT molecular complexity index is 1190. The molecule has 0 spiro atoms. The highest BCUT2D eigenvalue weighted by Crippen LogP contribution is 2.44. The van der Waals surface area contributed by atoms with Gasteiger partial charge in [-0.3, -0.25) is 4.79 Å². The molecule has 7 nitrogen and oxygen atoms in total. The molecule has 0 radical (unpaired) electrons. The molecule has 1 aliphatic carbocycles. The Morgan fingerprint density at radius 3 is 2.23 bits per heavy atom. The first kappa shape index (κ1) is 24.0. The third-order valence-electron chi connectivity index (χ3n) is 6.17. The molecule has 0 aromatic heterocycles. The predicted octanol–water partition coefficient (Wildman–Crippen LogP) is 4.71. The molecule has 3 aromatic rings. The fourth-order valence-electron chi connectivity index (χ4n) is 4.47. The lowest BCUT2D eigenvalue weighted by Crippen LogP contribution is -2.46. The summed E-state index contributed by atoms with van der Waals surface area (Å²) in [6.07, 6.45) is 0.495. The first-order valence-corrected chi connectivity index (χ1v) is 11.7. The molecule has 1 unspecified atom stereocenters.